The van der Waals surface area contributed by atoms with Crippen LogP contribution in [0.25, 0.3) is 5.69 Å². The number of aromatic nitrogens is 4. The van der Waals surface area contributed by atoms with Crippen molar-refractivity contribution >= 4 is 21.8 Å². The van der Waals surface area contributed by atoms with Gasteiger partial charge in [-0.05, 0) is 54.8 Å². The van der Waals surface area contributed by atoms with Crippen LogP contribution < -0.4 is 5.32 Å². The zero-order valence-electron chi connectivity index (χ0n) is 17.0. The lowest BCUT2D eigenvalue weighted by Crippen LogP contribution is -2.28. The molecule has 0 saturated heterocycles. The first-order valence-electron chi connectivity index (χ1n) is 9.87. The van der Waals surface area contributed by atoms with Gasteiger partial charge < -0.3 is 5.32 Å². The Bertz CT molecular complexity index is 1120. The van der Waals surface area contributed by atoms with E-state index in [4.69, 9.17) is 0 Å². The predicted octanol–water partition coefficient (Wildman–Crippen LogP) is 4.66. The molecule has 0 unspecified atom stereocenters. The van der Waals surface area contributed by atoms with Crippen LogP contribution in [0.1, 0.15) is 47.1 Å². The second-order valence-corrected chi connectivity index (χ2v) is 8.44. The van der Waals surface area contributed by atoms with Crippen molar-refractivity contribution < 1.29 is 18.0 Å². The minimum atomic E-state index is -4.58. The Hall–Kier alpha value is -2.62. The summed E-state index contributed by atoms with van der Waals surface area (Å²) in [5.74, 6) is -0.406. The molecule has 1 amide bonds. The minimum absolute atomic E-state index is 0.000585. The summed E-state index contributed by atoms with van der Waals surface area (Å²) in [5, 5.41) is 11.0. The number of hydrogen-bond acceptors (Lipinski definition) is 3. The second kappa shape index (κ2) is 8.14. The number of para-hydroxylation sites is 1. The summed E-state index contributed by atoms with van der Waals surface area (Å²) in [4.78, 5) is 12.6. The van der Waals surface area contributed by atoms with Gasteiger partial charge in [0.05, 0.1) is 21.5 Å². The number of halogens is 4. The maximum Gasteiger partial charge on any atom is 0.436 e. The van der Waals surface area contributed by atoms with Crippen LogP contribution in [0.15, 0.2) is 34.8 Å². The Kier molecular flexibility index (Phi) is 5.67. The standard InChI is InChI=1S/C21H21BrF3N5O/c1-12-16(13(2)30(27-12)15-6-4-3-5-7-15)10-26-17(31)11-29-19(14-8-9-14)18(22)20(28-29)21(23,24)25/h3-7,14H,8-11H2,1-2H3,(H,26,31). The molecule has 31 heavy (non-hydrogen) atoms. The van der Waals surface area contributed by atoms with Gasteiger partial charge in [-0.25, -0.2) is 4.68 Å². The van der Waals surface area contributed by atoms with Crippen LogP contribution in [-0.4, -0.2) is 25.5 Å². The number of carbonyl (C=O) groups excluding carboxylic acids is 1. The minimum Gasteiger partial charge on any atom is -0.350 e. The summed E-state index contributed by atoms with van der Waals surface area (Å²) < 4.78 is 42.7. The molecule has 1 aromatic carbocycles. The van der Waals surface area contributed by atoms with Crippen LogP contribution in [0.5, 0.6) is 0 Å². The maximum absolute atomic E-state index is 13.2. The molecule has 10 heteroatoms. The first kappa shape index (κ1) is 21.6. The number of nitrogens with zero attached hydrogens (tertiary/aromatic N) is 4. The fourth-order valence-electron chi connectivity index (χ4n) is 3.63. The lowest BCUT2D eigenvalue weighted by Gasteiger charge is -2.09. The Morgan fingerprint density at radius 3 is 2.48 bits per heavy atom. The summed E-state index contributed by atoms with van der Waals surface area (Å²) in [6, 6.07) is 9.64. The molecule has 3 aromatic rings. The van der Waals surface area contributed by atoms with E-state index in [0.717, 1.165) is 35.5 Å². The summed E-state index contributed by atoms with van der Waals surface area (Å²) in [6.07, 6.45) is -3.00. The van der Waals surface area contributed by atoms with Gasteiger partial charge in [0.25, 0.3) is 0 Å². The molecular weight excluding hydrogens is 475 g/mol. The van der Waals surface area contributed by atoms with Crippen LogP contribution in [0.2, 0.25) is 0 Å². The maximum atomic E-state index is 13.2. The van der Waals surface area contributed by atoms with Gasteiger partial charge >= 0.3 is 6.18 Å². The van der Waals surface area contributed by atoms with E-state index >= 15 is 0 Å². The molecular formula is C21H21BrF3N5O. The van der Waals surface area contributed by atoms with Crippen molar-refractivity contribution in [2.24, 2.45) is 0 Å². The van der Waals surface area contributed by atoms with Crippen molar-refractivity contribution in [1.82, 2.24) is 24.9 Å². The average molecular weight is 496 g/mol. The van der Waals surface area contributed by atoms with E-state index in [1.54, 1.807) is 0 Å². The van der Waals surface area contributed by atoms with E-state index in [1.807, 2.05) is 48.9 Å². The molecule has 4 rings (SSSR count). The highest BCUT2D eigenvalue weighted by atomic mass is 79.9. The van der Waals surface area contributed by atoms with Gasteiger partial charge in [-0.1, -0.05) is 18.2 Å². The largest absolute Gasteiger partial charge is 0.436 e. The molecule has 1 saturated carbocycles. The van der Waals surface area contributed by atoms with E-state index in [1.165, 1.54) is 4.68 Å². The average Bonchev–Trinajstić information content (AvgIpc) is 3.43. The number of rotatable bonds is 6. The summed E-state index contributed by atoms with van der Waals surface area (Å²) in [7, 11) is 0. The van der Waals surface area contributed by atoms with Crippen LogP contribution in [-0.2, 0) is 24.1 Å². The molecule has 2 aromatic heterocycles. The van der Waals surface area contributed by atoms with Crippen molar-refractivity contribution in [3.8, 4) is 5.69 Å². The molecule has 0 spiro atoms. The molecule has 0 bridgehead atoms. The third-order valence-corrected chi connectivity index (χ3v) is 6.14. The summed E-state index contributed by atoms with van der Waals surface area (Å²) >= 11 is 3.04. The molecule has 1 aliphatic rings. The van der Waals surface area contributed by atoms with Crippen LogP contribution in [0.3, 0.4) is 0 Å². The second-order valence-electron chi connectivity index (χ2n) is 7.65. The van der Waals surface area contributed by atoms with E-state index in [-0.39, 0.29) is 23.5 Å². The smallest absolute Gasteiger partial charge is 0.350 e. The number of aryl methyl sites for hydroxylation is 1. The summed E-state index contributed by atoms with van der Waals surface area (Å²) in [6.45, 7) is 3.74. The van der Waals surface area contributed by atoms with Crippen molar-refractivity contribution in [2.75, 3.05) is 0 Å². The van der Waals surface area contributed by atoms with Gasteiger partial charge in [0.1, 0.15) is 6.54 Å². The van der Waals surface area contributed by atoms with Gasteiger partial charge in [-0.15, -0.1) is 0 Å². The Morgan fingerprint density at radius 2 is 1.87 bits per heavy atom. The number of nitrogens with one attached hydrogen (secondary N) is 1. The molecule has 0 atom stereocenters. The lowest BCUT2D eigenvalue weighted by molar-refractivity contribution is -0.142. The molecule has 0 aliphatic heterocycles. The molecule has 6 nitrogen and oxygen atoms in total. The van der Waals surface area contributed by atoms with Crippen LogP contribution >= 0.6 is 15.9 Å². The fourth-order valence-corrected chi connectivity index (χ4v) is 4.46. The molecule has 1 aliphatic carbocycles. The number of benzene rings is 1. The summed E-state index contributed by atoms with van der Waals surface area (Å²) in [5.41, 5.74) is 2.91. The normalized spacial score (nSPS) is 14.1. The Morgan fingerprint density at radius 1 is 1.19 bits per heavy atom. The van der Waals surface area contributed by atoms with Gasteiger partial charge in [0.15, 0.2) is 5.69 Å². The first-order valence-corrected chi connectivity index (χ1v) is 10.7. The van der Waals surface area contributed by atoms with Crippen LogP contribution in [0.4, 0.5) is 13.2 Å². The van der Waals surface area contributed by atoms with E-state index in [2.05, 4.69) is 31.4 Å². The van der Waals surface area contributed by atoms with Gasteiger partial charge in [0.2, 0.25) is 5.91 Å². The Labute approximate surface area is 185 Å². The topological polar surface area (TPSA) is 64.7 Å². The highest BCUT2D eigenvalue weighted by Crippen LogP contribution is 2.46. The van der Waals surface area contributed by atoms with Crippen molar-refractivity contribution in [3.05, 3.63) is 63.1 Å². The number of alkyl halides is 3. The monoisotopic (exact) mass is 495 g/mol. The molecule has 1 N–H and O–H groups in total. The Balaban J connectivity index is 1.49. The van der Waals surface area contributed by atoms with E-state index < -0.39 is 17.8 Å². The molecule has 0 radical (unpaired) electrons. The molecule has 1 fully saturated rings. The van der Waals surface area contributed by atoms with Crippen LogP contribution in [0, 0.1) is 13.8 Å². The third-order valence-electron chi connectivity index (χ3n) is 5.36. The number of amides is 1. The van der Waals surface area contributed by atoms with Crippen molar-refractivity contribution in [3.63, 3.8) is 0 Å². The van der Waals surface area contributed by atoms with Crippen molar-refractivity contribution in [2.45, 2.75) is 51.9 Å². The quantitative estimate of drug-likeness (QED) is 0.540. The number of hydrogen-bond donors (Lipinski definition) is 1. The first-order chi connectivity index (χ1) is 14.7. The highest BCUT2D eigenvalue weighted by molar-refractivity contribution is 9.10. The fraction of sp³-hybridized carbons (Fsp3) is 0.381. The van der Waals surface area contributed by atoms with E-state index in [9.17, 15) is 18.0 Å². The van der Waals surface area contributed by atoms with Crippen molar-refractivity contribution in [1.29, 1.82) is 0 Å². The molecule has 2 heterocycles. The predicted molar refractivity (Wildman–Crippen MR) is 112 cm³/mol. The lowest BCUT2D eigenvalue weighted by atomic mass is 10.2. The zero-order valence-corrected chi connectivity index (χ0v) is 18.6. The number of carbonyl (C=O) groups is 1. The highest BCUT2D eigenvalue weighted by Gasteiger charge is 2.41. The SMILES string of the molecule is Cc1nn(-c2ccccc2)c(C)c1CNC(=O)Cn1nc(C(F)(F)F)c(Br)c1C1CC1. The zero-order chi connectivity index (χ0) is 22.3. The molecule has 164 valence electrons. The van der Waals surface area contributed by atoms with E-state index in [0.29, 0.717) is 5.69 Å². The van der Waals surface area contributed by atoms with Gasteiger partial charge in [-0.3, -0.25) is 9.48 Å². The van der Waals surface area contributed by atoms with Gasteiger partial charge in [0, 0.05) is 23.7 Å². The third kappa shape index (κ3) is 4.39. The van der Waals surface area contributed by atoms with Gasteiger partial charge in [-0.2, -0.15) is 23.4 Å².